The van der Waals surface area contributed by atoms with Crippen molar-refractivity contribution in [2.75, 3.05) is 38.5 Å². The minimum atomic E-state index is -3.24. The van der Waals surface area contributed by atoms with Crippen molar-refractivity contribution in [3.05, 3.63) is 40.2 Å². The number of piperidine rings is 1. The number of aromatic nitrogens is 2. The topological polar surface area (TPSA) is 112 Å². The van der Waals surface area contributed by atoms with Gasteiger partial charge in [-0.1, -0.05) is 0 Å². The van der Waals surface area contributed by atoms with E-state index in [2.05, 4.69) is 21.2 Å². The summed E-state index contributed by atoms with van der Waals surface area (Å²) in [6.07, 6.45) is 4.57. The number of H-pyrrole nitrogens is 1. The second-order valence-corrected chi connectivity index (χ2v) is 12.2. The van der Waals surface area contributed by atoms with Crippen molar-refractivity contribution < 1.29 is 13.2 Å². The monoisotopic (exact) mass is 501 g/mol. The largest absolute Gasteiger partial charge is 0.366 e. The Morgan fingerprint density at radius 1 is 1.15 bits per heavy atom. The smallest absolute Gasteiger partial charge is 0.251 e. The van der Waals surface area contributed by atoms with E-state index in [4.69, 9.17) is 5.73 Å². The van der Waals surface area contributed by atoms with Crippen LogP contribution in [0.4, 0.5) is 0 Å². The fraction of sp³-hybridized carbons (Fsp3) is 0.500. The van der Waals surface area contributed by atoms with E-state index in [1.165, 1.54) is 12.8 Å². The van der Waals surface area contributed by atoms with Gasteiger partial charge in [0.1, 0.15) is 5.52 Å². The molecule has 1 aromatic carbocycles. The van der Waals surface area contributed by atoms with Crippen LogP contribution in [0.2, 0.25) is 0 Å². The van der Waals surface area contributed by atoms with Gasteiger partial charge >= 0.3 is 0 Å². The number of likely N-dealkylation sites (tertiary alicyclic amines) is 1. The van der Waals surface area contributed by atoms with Crippen molar-refractivity contribution in [3.8, 4) is 11.1 Å². The fourth-order valence-electron chi connectivity index (χ4n) is 5.26. The highest BCUT2D eigenvalue weighted by molar-refractivity contribution is 7.89. The Bertz CT molecular complexity index is 1260. The summed E-state index contributed by atoms with van der Waals surface area (Å²) in [6.45, 7) is 4.06. The van der Waals surface area contributed by atoms with Gasteiger partial charge in [-0.15, -0.1) is 0 Å². The van der Waals surface area contributed by atoms with Crippen LogP contribution in [0, 0.1) is 0 Å². The number of amides is 1. The van der Waals surface area contributed by atoms with Crippen LogP contribution < -0.4 is 5.73 Å². The van der Waals surface area contributed by atoms with Crippen LogP contribution in [0.25, 0.3) is 22.0 Å². The molecule has 0 unspecified atom stereocenters. The maximum absolute atomic E-state index is 12.9. The van der Waals surface area contributed by atoms with Gasteiger partial charge < -0.3 is 10.6 Å². The minimum absolute atomic E-state index is 0.152. The Morgan fingerprint density at radius 3 is 2.59 bits per heavy atom. The van der Waals surface area contributed by atoms with Crippen LogP contribution in [0.1, 0.15) is 54.1 Å². The van der Waals surface area contributed by atoms with Crippen LogP contribution >= 0.6 is 11.3 Å². The van der Waals surface area contributed by atoms with Crippen LogP contribution in [0.5, 0.6) is 0 Å². The molecule has 2 saturated heterocycles. The molecule has 3 N–H and O–H groups in total. The zero-order chi connectivity index (χ0) is 23.7. The molecule has 10 heteroatoms. The van der Waals surface area contributed by atoms with Gasteiger partial charge in [0.25, 0.3) is 5.91 Å². The number of hydrogen-bond acceptors (Lipinski definition) is 6. The number of primary amides is 1. The number of nitrogens with one attached hydrogen (secondary N) is 1. The van der Waals surface area contributed by atoms with Gasteiger partial charge in [-0.2, -0.15) is 16.4 Å². The van der Waals surface area contributed by atoms with E-state index in [0.29, 0.717) is 30.6 Å². The molecule has 34 heavy (non-hydrogen) atoms. The van der Waals surface area contributed by atoms with Crippen LogP contribution in [0.15, 0.2) is 29.0 Å². The molecule has 0 aliphatic carbocycles. The van der Waals surface area contributed by atoms with Crippen LogP contribution in [-0.4, -0.2) is 72.2 Å². The number of sulfonamides is 1. The van der Waals surface area contributed by atoms with Gasteiger partial charge in [-0.25, -0.2) is 12.7 Å². The van der Waals surface area contributed by atoms with Gasteiger partial charge in [0.05, 0.1) is 11.3 Å². The number of fused-ring (bicyclic) bond motifs is 1. The van der Waals surface area contributed by atoms with Crippen molar-refractivity contribution >= 4 is 38.2 Å². The third-order valence-corrected chi connectivity index (χ3v) is 9.78. The molecular formula is C24H31N5O3S2. The summed E-state index contributed by atoms with van der Waals surface area (Å²) in [6, 6.07) is 5.88. The summed E-state index contributed by atoms with van der Waals surface area (Å²) in [7, 11) is -3.24. The number of hydrogen-bond donors (Lipinski definition) is 2. The standard InChI is InChI=1S/C24H31N5O3S2/c25-24(30)21-15-19(18-6-12-33-16-18)14-20-22(26-27-23(20)21)17-4-10-29(11-5-17)34(31,32)13-3-9-28-7-1-2-8-28/h6,12,14-17H,1-5,7-11,13H2,(H2,25,30)(H,26,27). The number of nitrogens with two attached hydrogens (primary N) is 1. The Balaban J connectivity index is 1.30. The highest BCUT2D eigenvalue weighted by Gasteiger charge is 2.30. The lowest BCUT2D eigenvalue weighted by atomic mass is 9.91. The zero-order valence-electron chi connectivity index (χ0n) is 19.2. The number of rotatable bonds is 8. The highest BCUT2D eigenvalue weighted by atomic mass is 32.2. The lowest BCUT2D eigenvalue weighted by Crippen LogP contribution is -2.39. The molecule has 0 radical (unpaired) electrons. The summed E-state index contributed by atoms with van der Waals surface area (Å²) >= 11 is 1.60. The van der Waals surface area contributed by atoms with E-state index in [1.807, 2.05) is 16.8 Å². The quantitative estimate of drug-likeness (QED) is 0.491. The molecule has 0 atom stereocenters. The first-order valence-electron chi connectivity index (χ1n) is 12.0. The average Bonchev–Trinajstić information content (AvgIpc) is 3.60. The van der Waals surface area contributed by atoms with E-state index in [9.17, 15) is 13.2 Å². The Labute approximate surface area is 204 Å². The third kappa shape index (κ3) is 4.77. The molecule has 0 saturated carbocycles. The Hall–Kier alpha value is -2.27. The highest BCUT2D eigenvalue weighted by Crippen LogP contribution is 2.36. The summed E-state index contributed by atoms with van der Waals surface area (Å²) in [5, 5.41) is 12.5. The molecular weight excluding hydrogens is 470 g/mol. The first kappa shape index (κ1) is 23.5. The number of nitrogens with zero attached hydrogens (tertiary/aromatic N) is 3. The van der Waals surface area contributed by atoms with Gasteiger partial charge in [-0.05, 0) is 91.8 Å². The molecule has 8 nitrogen and oxygen atoms in total. The summed E-state index contributed by atoms with van der Waals surface area (Å²) in [5.41, 5.74) is 9.58. The van der Waals surface area contributed by atoms with E-state index >= 15 is 0 Å². The van der Waals surface area contributed by atoms with Gasteiger partial charge in [0.2, 0.25) is 10.0 Å². The summed E-state index contributed by atoms with van der Waals surface area (Å²) < 4.78 is 27.4. The number of benzene rings is 1. The van der Waals surface area contributed by atoms with Gasteiger partial charge in [0, 0.05) is 30.1 Å². The minimum Gasteiger partial charge on any atom is -0.366 e. The predicted octanol–water partition coefficient (Wildman–Crippen LogP) is 3.39. The summed E-state index contributed by atoms with van der Waals surface area (Å²) in [4.78, 5) is 14.5. The van der Waals surface area contributed by atoms with Crippen molar-refractivity contribution in [2.45, 2.75) is 38.0 Å². The second kappa shape index (κ2) is 9.77. The van der Waals surface area contributed by atoms with Gasteiger partial charge in [0.15, 0.2) is 0 Å². The number of aromatic amines is 1. The van der Waals surface area contributed by atoms with Crippen LogP contribution in [0.3, 0.4) is 0 Å². The average molecular weight is 502 g/mol. The van der Waals surface area contributed by atoms with E-state index in [1.54, 1.807) is 21.7 Å². The molecule has 3 aromatic rings. The van der Waals surface area contributed by atoms with E-state index < -0.39 is 15.9 Å². The van der Waals surface area contributed by atoms with Crippen molar-refractivity contribution in [3.63, 3.8) is 0 Å². The maximum atomic E-state index is 12.9. The molecule has 4 heterocycles. The molecule has 2 aliphatic rings. The normalized spacial score (nSPS) is 18.7. The zero-order valence-corrected chi connectivity index (χ0v) is 20.8. The molecule has 0 bridgehead atoms. The maximum Gasteiger partial charge on any atom is 0.251 e. The molecule has 0 spiro atoms. The SMILES string of the molecule is NC(=O)c1cc(-c2ccsc2)cc2c(C3CCN(S(=O)(=O)CCCN4CCCC4)CC3)[nH]nc12. The second-order valence-electron chi connectivity index (χ2n) is 9.33. The summed E-state index contributed by atoms with van der Waals surface area (Å²) in [5.74, 6) is -0.137. The molecule has 1 amide bonds. The molecule has 5 rings (SSSR count). The van der Waals surface area contributed by atoms with Gasteiger partial charge in [-0.3, -0.25) is 9.89 Å². The Morgan fingerprint density at radius 2 is 1.91 bits per heavy atom. The predicted molar refractivity (Wildman–Crippen MR) is 136 cm³/mol. The lowest BCUT2D eigenvalue weighted by Gasteiger charge is -2.31. The number of carbonyl (C=O) groups is 1. The Kier molecular flexibility index (Phi) is 6.74. The van der Waals surface area contributed by atoms with Crippen molar-refractivity contribution in [1.29, 1.82) is 0 Å². The van der Waals surface area contributed by atoms with E-state index in [0.717, 1.165) is 54.7 Å². The molecule has 2 aliphatic heterocycles. The molecule has 2 aromatic heterocycles. The third-order valence-electron chi connectivity index (χ3n) is 7.14. The first-order valence-corrected chi connectivity index (χ1v) is 14.5. The van der Waals surface area contributed by atoms with Crippen LogP contribution in [-0.2, 0) is 10.0 Å². The van der Waals surface area contributed by atoms with Crippen molar-refractivity contribution in [1.82, 2.24) is 19.4 Å². The fourth-order valence-corrected chi connectivity index (χ4v) is 7.44. The molecule has 2 fully saturated rings. The molecule has 182 valence electrons. The van der Waals surface area contributed by atoms with E-state index in [-0.39, 0.29) is 11.7 Å². The first-order chi connectivity index (χ1) is 16.4. The lowest BCUT2D eigenvalue weighted by molar-refractivity contribution is 0.100. The van der Waals surface area contributed by atoms with Crippen molar-refractivity contribution in [2.24, 2.45) is 5.73 Å². The number of thiophene rings is 1. The number of carbonyl (C=O) groups excluding carboxylic acids is 1.